The molecule has 0 bridgehead atoms. The molecule has 320 valence electrons. The average molecular weight is 799 g/mol. The first-order valence-electron chi connectivity index (χ1n) is 21.6. The van der Waals surface area contributed by atoms with Crippen LogP contribution in [0.15, 0.2) is 48.6 Å². The quantitative estimate of drug-likeness (QED) is 0.0237. The lowest BCUT2D eigenvalue weighted by Crippen LogP contribution is -2.29. The van der Waals surface area contributed by atoms with E-state index in [9.17, 15) is 24.2 Å². The van der Waals surface area contributed by atoms with Crippen LogP contribution in [-0.2, 0) is 32.7 Å². The minimum absolute atomic E-state index is 0.170. The lowest BCUT2D eigenvalue weighted by molar-refractivity contribution is -0.161. The van der Waals surface area contributed by atoms with Crippen LogP contribution in [0.4, 0.5) is 0 Å². The van der Waals surface area contributed by atoms with Gasteiger partial charge in [-0.25, -0.2) is 4.57 Å². The maximum atomic E-state index is 12.6. The largest absolute Gasteiger partial charge is 0.472 e. The van der Waals surface area contributed by atoms with Crippen LogP contribution in [0.5, 0.6) is 0 Å². The van der Waals surface area contributed by atoms with E-state index in [1.54, 1.807) is 0 Å². The zero-order valence-corrected chi connectivity index (χ0v) is 35.5. The van der Waals surface area contributed by atoms with Gasteiger partial charge in [-0.3, -0.25) is 18.6 Å². The summed E-state index contributed by atoms with van der Waals surface area (Å²) in [6, 6.07) is 0. The summed E-state index contributed by atoms with van der Waals surface area (Å²) in [4.78, 5) is 35.0. The van der Waals surface area contributed by atoms with Gasteiger partial charge in [0.2, 0.25) is 0 Å². The van der Waals surface area contributed by atoms with Gasteiger partial charge in [-0.05, 0) is 70.6 Å². The van der Waals surface area contributed by atoms with Gasteiger partial charge in [0.1, 0.15) is 12.7 Å². The molecule has 0 aromatic rings. The maximum Gasteiger partial charge on any atom is 0.472 e. The van der Waals surface area contributed by atoms with Crippen molar-refractivity contribution in [1.29, 1.82) is 0 Å². The molecule has 0 aromatic carbocycles. The van der Waals surface area contributed by atoms with E-state index in [1.165, 1.54) is 51.4 Å². The van der Waals surface area contributed by atoms with E-state index in [0.717, 1.165) is 89.9 Å². The fraction of sp³-hybridized carbons (Fsp3) is 0.773. The number of carbonyl (C=O) groups excluding carboxylic acids is 2. The van der Waals surface area contributed by atoms with Gasteiger partial charge in [-0.15, -0.1) is 0 Å². The SMILES string of the molecule is CC/C=C\C/C=C\C/C=C\CCCCCCCCCC(=O)OC(COC(=O)CCCCCCC/C=C\CCCCCCCC)COP(=O)(O)OCC(O)CO. The Balaban J connectivity index is 4.33. The summed E-state index contributed by atoms with van der Waals surface area (Å²) in [7, 11) is -4.62. The molecule has 0 radical (unpaired) electrons. The second-order valence-corrected chi connectivity index (χ2v) is 15.8. The first-order valence-corrected chi connectivity index (χ1v) is 23.1. The predicted molar refractivity (Wildman–Crippen MR) is 224 cm³/mol. The summed E-state index contributed by atoms with van der Waals surface area (Å²) in [6.07, 6.45) is 42.1. The second kappa shape index (κ2) is 40.1. The lowest BCUT2D eigenvalue weighted by Gasteiger charge is -2.20. The summed E-state index contributed by atoms with van der Waals surface area (Å²) >= 11 is 0. The summed E-state index contributed by atoms with van der Waals surface area (Å²) in [6.45, 7) is 2.24. The zero-order valence-electron chi connectivity index (χ0n) is 34.6. The summed E-state index contributed by atoms with van der Waals surface area (Å²) in [5.74, 6) is -0.947. The number of ether oxygens (including phenoxy) is 2. The molecule has 0 rings (SSSR count). The molecule has 0 amide bonds. The molecule has 0 aromatic heterocycles. The van der Waals surface area contributed by atoms with Crippen LogP contribution in [-0.4, -0.2) is 65.7 Å². The highest BCUT2D eigenvalue weighted by atomic mass is 31.2. The number of hydrogen-bond acceptors (Lipinski definition) is 9. The molecule has 3 unspecified atom stereocenters. The molecule has 0 fully saturated rings. The monoisotopic (exact) mass is 799 g/mol. The standard InChI is InChI=1S/C44H79O10P/c1-3-5-7-9-11-13-15-17-19-20-22-24-26-28-30-32-34-36-44(48)54-42(40-53-55(49,50)52-38-41(46)37-45)39-51-43(47)35-33-31-29-27-25-23-21-18-16-14-12-10-8-6-4-2/h5,7,11,13,17-19,21,41-42,45-46H,3-4,6,8-10,12,14-16,20,22-40H2,1-2H3,(H,49,50)/b7-5-,13-11-,19-17-,21-18-. The normalized spacial score (nSPS) is 14.3. The number of allylic oxidation sites excluding steroid dienone is 8. The lowest BCUT2D eigenvalue weighted by atomic mass is 10.1. The average Bonchev–Trinajstić information content (AvgIpc) is 3.17. The van der Waals surface area contributed by atoms with Crippen LogP contribution in [0, 0.1) is 0 Å². The molecule has 0 saturated carbocycles. The third-order valence-electron chi connectivity index (χ3n) is 8.97. The number of esters is 2. The first kappa shape index (κ1) is 52.9. The minimum atomic E-state index is -4.62. The molecule has 0 heterocycles. The Labute approximate surface area is 334 Å². The number of unbranched alkanes of at least 4 members (excludes halogenated alkanes) is 18. The summed E-state index contributed by atoms with van der Waals surface area (Å²) < 4.78 is 32.7. The van der Waals surface area contributed by atoms with Gasteiger partial charge in [-0.1, -0.05) is 146 Å². The number of aliphatic hydroxyl groups excluding tert-OH is 2. The minimum Gasteiger partial charge on any atom is -0.462 e. The van der Waals surface area contributed by atoms with Crippen molar-refractivity contribution in [2.75, 3.05) is 26.4 Å². The Kier molecular flexibility index (Phi) is 38.6. The summed E-state index contributed by atoms with van der Waals surface area (Å²) in [5.41, 5.74) is 0. The van der Waals surface area contributed by atoms with Crippen molar-refractivity contribution in [2.45, 2.75) is 193 Å². The van der Waals surface area contributed by atoms with Gasteiger partial charge in [0, 0.05) is 12.8 Å². The van der Waals surface area contributed by atoms with E-state index in [4.69, 9.17) is 19.1 Å². The number of rotatable bonds is 40. The van der Waals surface area contributed by atoms with Crippen LogP contribution < -0.4 is 0 Å². The highest BCUT2D eigenvalue weighted by Crippen LogP contribution is 2.43. The van der Waals surface area contributed by atoms with E-state index in [1.807, 2.05) is 0 Å². The van der Waals surface area contributed by atoms with Crippen molar-refractivity contribution in [3.63, 3.8) is 0 Å². The molecule has 0 saturated heterocycles. The molecule has 3 atom stereocenters. The maximum absolute atomic E-state index is 12.6. The summed E-state index contributed by atoms with van der Waals surface area (Å²) in [5, 5.41) is 18.3. The number of aliphatic hydroxyl groups is 2. The van der Waals surface area contributed by atoms with Crippen molar-refractivity contribution >= 4 is 19.8 Å². The van der Waals surface area contributed by atoms with Crippen LogP contribution in [0.25, 0.3) is 0 Å². The van der Waals surface area contributed by atoms with Gasteiger partial charge in [0.05, 0.1) is 19.8 Å². The van der Waals surface area contributed by atoms with Crippen LogP contribution in [0.3, 0.4) is 0 Å². The Morgan fingerprint density at radius 1 is 0.564 bits per heavy atom. The van der Waals surface area contributed by atoms with Gasteiger partial charge in [0.15, 0.2) is 6.10 Å². The fourth-order valence-electron chi connectivity index (χ4n) is 5.65. The molecule has 0 aliphatic carbocycles. The molecule has 3 N–H and O–H groups in total. The van der Waals surface area contributed by atoms with E-state index < -0.39 is 51.8 Å². The number of carbonyl (C=O) groups is 2. The van der Waals surface area contributed by atoms with E-state index in [-0.39, 0.29) is 19.4 Å². The highest BCUT2D eigenvalue weighted by Gasteiger charge is 2.27. The van der Waals surface area contributed by atoms with E-state index >= 15 is 0 Å². The van der Waals surface area contributed by atoms with Gasteiger partial charge in [0.25, 0.3) is 0 Å². The molecule has 10 nitrogen and oxygen atoms in total. The third-order valence-corrected chi connectivity index (χ3v) is 9.92. The van der Waals surface area contributed by atoms with Crippen molar-refractivity contribution in [2.24, 2.45) is 0 Å². The van der Waals surface area contributed by atoms with Gasteiger partial charge >= 0.3 is 19.8 Å². The van der Waals surface area contributed by atoms with Gasteiger partial charge < -0.3 is 24.6 Å². The number of phosphoric ester groups is 1. The van der Waals surface area contributed by atoms with Crippen molar-refractivity contribution < 1.29 is 47.8 Å². The van der Waals surface area contributed by atoms with E-state index in [2.05, 4.69) is 67.0 Å². The predicted octanol–water partition coefficient (Wildman–Crippen LogP) is 11.3. The van der Waals surface area contributed by atoms with Crippen molar-refractivity contribution in [1.82, 2.24) is 0 Å². The Bertz CT molecular complexity index is 1060. The van der Waals surface area contributed by atoms with Gasteiger partial charge in [-0.2, -0.15) is 0 Å². The molecule has 0 spiro atoms. The number of phosphoric acid groups is 1. The second-order valence-electron chi connectivity index (χ2n) is 14.3. The van der Waals surface area contributed by atoms with E-state index in [0.29, 0.717) is 12.8 Å². The van der Waals surface area contributed by atoms with Crippen molar-refractivity contribution in [3.05, 3.63) is 48.6 Å². The van der Waals surface area contributed by atoms with Crippen LogP contribution in [0.2, 0.25) is 0 Å². The smallest absolute Gasteiger partial charge is 0.462 e. The highest BCUT2D eigenvalue weighted by molar-refractivity contribution is 7.47. The fourth-order valence-corrected chi connectivity index (χ4v) is 6.44. The molecular weight excluding hydrogens is 719 g/mol. The molecule has 11 heteroatoms. The molecular formula is C44H79O10P. The Morgan fingerprint density at radius 2 is 1.00 bits per heavy atom. The Morgan fingerprint density at radius 3 is 1.53 bits per heavy atom. The molecule has 0 aliphatic rings. The third kappa shape index (κ3) is 39.9. The van der Waals surface area contributed by atoms with Crippen molar-refractivity contribution in [3.8, 4) is 0 Å². The first-order chi connectivity index (χ1) is 26.7. The molecule has 55 heavy (non-hydrogen) atoms. The molecule has 0 aliphatic heterocycles. The number of hydrogen-bond donors (Lipinski definition) is 3. The van der Waals surface area contributed by atoms with Crippen LogP contribution >= 0.6 is 7.82 Å². The topological polar surface area (TPSA) is 149 Å². The van der Waals surface area contributed by atoms with Crippen LogP contribution in [0.1, 0.15) is 181 Å². The Hall–Kier alpha value is -2.07. The zero-order chi connectivity index (χ0) is 40.5.